The minimum atomic E-state index is -3.38. The number of pyridine rings is 1. The highest BCUT2D eigenvalue weighted by molar-refractivity contribution is 7.88. The number of carbonyl (C=O) groups excluding carboxylic acids is 2. The van der Waals surface area contributed by atoms with Crippen LogP contribution in [0.3, 0.4) is 0 Å². The maximum absolute atomic E-state index is 13.1. The van der Waals surface area contributed by atoms with E-state index in [9.17, 15) is 18.0 Å². The lowest BCUT2D eigenvalue weighted by Gasteiger charge is -2.46. The van der Waals surface area contributed by atoms with Crippen LogP contribution in [0.25, 0.3) is 0 Å². The van der Waals surface area contributed by atoms with Crippen molar-refractivity contribution in [1.29, 1.82) is 0 Å². The van der Waals surface area contributed by atoms with Crippen molar-refractivity contribution in [2.24, 2.45) is 10.8 Å². The third-order valence-electron chi connectivity index (χ3n) is 6.96. The van der Waals surface area contributed by atoms with Crippen LogP contribution in [-0.2, 0) is 14.8 Å². The van der Waals surface area contributed by atoms with Crippen LogP contribution in [0.1, 0.15) is 29.6 Å². The smallest absolute Gasteiger partial charge is 0.255 e. The van der Waals surface area contributed by atoms with E-state index < -0.39 is 20.9 Å². The van der Waals surface area contributed by atoms with Crippen molar-refractivity contribution >= 4 is 21.8 Å². The molecule has 4 rings (SSSR count). The molecule has 1 aromatic heterocycles. The maximum atomic E-state index is 13.1. The molecular weight excluding hydrogens is 380 g/mol. The number of fused-ring (bicyclic) bond motifs is 1. The van der Waals surface area contributed by atoms with Gasteiger partial charge in [0.25, 0.3) is 5.91 Å². The molecule has 0 unspecified atom stereocenters. The Morgan fingerprint density at radius 2 is 1.86 bits per heavy atom. The van der Waals surface area contributed by atoms with Gasteiger partial charge in [0.1, 0.15) is 0 Å². The fraction of sp³-hybridized carbons (Fsp3) is 0.632. The van der Waals surface area contributed by atoms with Crippen molar-refractivity contribution in [3.8, 4) is 0 Å². The van der Waals surface area contributed by atoms with Gasteiger partial charge in [-0.3, -0.25) is 14.6 Å². The number of carbonyl (C=O) groups is 2. The fourth-order valence-electron chi connectivity index (χ4n) is 5.27. The molecule has 0 radical (unpaired) electrons. The van der Waals surface area contributed by atoms with Crippen molar-refractivity contribution in [2.45, 2.75) is 19.3 Å². The average Bonchev–Trinajstić information content (AvgIpc) is 3.16. The topological polar surface area (TPSA) is 90.9 Å². The summed E-state index contributed by atoms with van der Waals surface area (Å²) in [6, 6.07) is 3.49. The molecule has 9 heteroatoms. The van der Waals surface area contributed by atoms with E-state index in [0.29, 0.717) is 51.0 Å². The van der Waals surface area contributed by atoms with Crippen LogP contribution in [0.4, 0.5) is 0 Å². The summed E-state index contributed by atoms with van der Waals surface area (Å²) in [6.45, 7) is 2.30. The lowest BCUT2D eigenvalue weighted by molar-refractivity contribution is -0.141. The van der Waals surface area contributed by atoms with Crippen LogP contribution >= 0.6 is 0 Å². The van der Waals surface area contributed by atoms with E-state index in [4.69, 9.17) is 0 Å². The van der Waals surface area contributed by atoms with Gasteiger partial charge < -0.3 is 9.80 Å². The maximum Gasteiger partial charge on any atom is 0.255 e. The quantitative estimate of drug-likeness (QED) is 0.710. The Morgan fingerprint density at radius 3 is 2.39 bits per heavy atom. The Labute approximate surface area is 165 Å². The summed E-state index contributed by atoms with van der Waals surface area (Å²) in [5.74, 6) is -0.0180. The fourth-order valence-corrected chi connectivity index (χ4v) is 6.20. The molecule has 4 heterocycles. The van der Waals surface area contributed by atoms with E-state index in [1.807, 2.05) is 0 Å². The van der Waals surface area contributed by atoms with E-state index in [1.54, 1.807) is 41.4 Å². The average molecular weight is 407 g/mol. The molecule has 0 bridgehead atoms. The molecule has 152 valence electrons. The molecule has 3 fully saturated rings. The molecule has 3 saturated heterocycles. The first-order valence-corrected chi connectivity index (χ1v) is 11.4. The molecule has 28 heavy (non-hydrogen) atoms. The van der Waals surface area contributed by atoms with Crippen LogP contribution in [0.2, 0.25) is 0 Å². The summed E-state index contributed by atoms with van der Waals surface area (Å²) in [5, 5.41) is 0. The van der Waals surface area contributed by atoms with Crippen molar-refractivity contribution in [3.05, 3.63) is 30.1 Å². The minimum absolute atomic E-state index is 0.0469. The van der Waals surface area contributed by atoms with Gasteiger partial charge in [0, 0.05) is 57.6 Å². The molecule has 2 amide bonds. The zero-order valence-electron chi connectivity index (χ0n) is 16.3. The molecule has 1 aromatic rings. The van der Waals surface area contributed by atoms with Gasteiger partial charge in [0.05, 0.1) is 17.2 Å². The van der Waals surface area contributed by atoms with Crippen molar-refractivity contribution in [3.63, 3.8) is 0 Å². The van der Waals surface area contributed by atoms with Gasteiger partial charge in [-0.1, -0.05) is 0 Å². The highest BCUT2D eigenvalue weighted by atomic mass is 32.2. The first kappa shape index (κ1) is 19.3. The minimum Gasteiger partial charge on any atom is -0.345 e. The Kier molecular flexibility index (Phi) is 4.50. The second-order valence-electron chi connectivity index (χ2n) is 8.40. The third-order valence-corrected chi connectivity index (χ3v) is 8.15. The molecule has 0 saturated carbocycles. The predicted molar refractivity (Wildman–Crippen MR) is 103 cm³/mol. The highest BCUT2D eigenvalue weighted by Gasteiger charge is 2.66. The molecule has 8 nitrogen and oxygen atoms in total. The van der Waals surface area contributed by atoms with Crippen molar-refractivity contribution in [2.75, 3.05) is 46.0 Å². The van der Waals surface area contributed by atoms with Crippen molar-refractivity contribution < 1.29 is 18.0 Å². The number of hydrogen-bond acceptors (Lipinski definition) is 5. The summed E-state index contributed by atoms with van der Waals surface area (Å²) < 4.78 is 26.0. The molecule has 0 aliphatic carbocycles. The zero-order valence-corrected chi connectivity index (χ0v) is 17.1. The predicted octanol–water partition coefficient (Wildman–Crippen LogP) is 0.428. The van der Waals surface area contributed by atoms with Crippen LogP contribution in [-0.4, -0.2) is 85.3 Å². The number of likely N-dealkylation sites (tertiary alicyclic amines) is 2. The largest absolute Gasteiger partial charge is 0.345 e. The zero-order chi connectivity index (χ0) is 20.2. The number of rotatable bonds is 2. The SMILES string of the molecule is CN1CC[C@]2(CN(S(C)(=O)=O)CC23CCN(C(=O)c2cccnc2)CC3)C1=O. The summed E-state index contributed by atoms with van der Waals surface area (Å²) in [5.41, 5.74) is -0.535. The van der Waals surface area contributed by atoms with Gasteiger partial charge in [-0.25, -0.2) is 12.7 Å². The molecule has 0 N–H and O–H groups in total. The van der Waals surface area contributed by atoms with Gasteiger partial charge >= 0.3 is 0 Å². The summed E-state index contributed by atoms with van der Waals surface area (Å²) in [7, 11) is -1.59. The summed E-state index contributed by atoms with van der Waals surface area (Å²) >= 11 is 0. The molecule has 1 atom stereocenters. The van der Waals surface area contributed by atoms with Gasteiger partial charge in [-0.15, -0.1) is 0 Å². The van der Waals surface area contributed by atoms with Crippen LogP contribution in [0.15, 0.2) is 24.5 Å². The number of piperidine rings is 1. The third kappa shape index (κ3) is 2.83. The normalized spacial score (nSPS) is 27.9. The first-order valence-electron chi connectivity index (χ1n) is 9.59. The second kappa shape index (κ2) is 6.52. The Bertz CT molecular complexity index is 896. The van der Waals surface area contributed by atoms with Crippen LogP contribution in [0, 0.1) is 10.8 Å². The lowest BCUT2D eigenvalue weighted by atomic mass is 9.60. The number of amides is 2. The number of nitrogens with zero attached hydrogens (tertiary/aromatic N) is 4. The first-order chi connectivity index (χ1) is 13.2. The van der Waals surface area contributed by atoms with Crippen LogP contribution in [0.5, 0.6) is 0 Å². The van der Waals surface area contributed by atoms with E-state index >= 15 is 0 Å². The second-order valence-corrected chi connectivity index (χ2v) is 10.4. The van der Waals surface area contributed by atoms with E-state index in [-0.39, 0.29) is 18.4 Å². The molecule has 2 spiro atoms. The Morgan fingerprint density at radius 1 is 1.14 bits per heavy atom. The Hall–Kier alpha value is -2.00. The summed E-state index contributed by atoms with van der Waals surface area (Å²) in [4.78, 5) is 33.4. The molecule has 3 aliphatic rings. The standard InChI is InChI=1S/C19H26N4O4S/c1-21-9-7-19(17(21)25)14-23(28(2,26)27)13-18(19)5-10-22(11-6-18)16(24)15-4-3-8-20-12-15/h3-4,8,12H,5-7,9-11,13-14H2,1-2H3/t19-/m0/s1. The van der Waals surface area contributed by atoms with Gasteiger partial charge in [0.15, 0.2) is 0 Å². The van der Waals surface area contributed by atoms with Gasteiger partial charge in [0.2, 0.25) is 15.9 Å². The highest BCUT2D eigenvalue weighted by Crippen LogP contribution is 2.58. The van der Waals surface area contributed by atoms with Crippen LogP contribution < -0.4 is 0 Å². The lowest BCUT2D eigenvalue weighted by Crippen LogP contribution is -2.53. The van der Waals surface area contributed by atoms with E-state index in [0.717, 1.165) is 0 Å². The monoisotopic (exact) mass is 406 g/mol. The molecule has 3 aliphatic heterocycles. The van der Waals surface area contributed by atoms with Gasteiger partial charge in [-0.2, -0.15) is 0 Å². The number of sulfonamides is 1. The molecular formula is C19H26N4O4S. The van der Waals surface area contributed by atoms with E-state index in [2.05, 4.69) is 4.98 Å². The summed E-state index contributed by atoms with van der Waals surface area (Å²) in [6.07, 6.45) is 6.33. The molecule has 0 aromatic carbocycles. The van der Waals surface area contributed by atoms with E-state index in [1.165, 1.54) is 10.6 Å². The number of aromatic nitrogens is 1. The van der Waals surface area contributed by atoms with Crippen molar-refractivity contribution in [1.82, 2.24) is 19.1 Å². The Balaban J connectivity index is 1.60. The number of hydrogen-bond donors (Lipinski definition) is 0. The van der Waals surface area contributed by atoms with Gasteiger partial charge in [-0.05, 0) is 31.4 Å².